The predicted molar refractivity (Wildman–Crippen MR) is 68.7 cm³/mol. The number of phenols is 1. The number of benzene rings is 1. The molecular formula is C12H17BrN2O. The predicted octanol–water partition coefficient (Wildman–Crippen LogP) is 1.87. The summed E-state index contributed by atoms with van der Waals surface area (Å²) in [5.74, 6) is 0.321. The second kappa shape index (κ2) is 5.17. The summed E-state index contributed by atoms with van der Waals surface area (Å²) in [7, 11) is 0. The first-order chi connectivity index (χ1) is 7.66. The minimum atomic E-state index is 0.321. The highest BCUT2D eigenvalue weighted by Crippen LogP contribution is 2.27. The van der Waals surface area contributed by atoms with Gasteiger partial charge in [-0.25, -0.2) is 0 Å². The molecule has 1 saturated heterocycles. The Balaban J connectivity index is 2.11. The van der Waals surface area contributed by atoms with E-state index in [4.69, 9.17) is 0 Å². The fraction of sp³-hybridized carbons (Fsp3) is 0.500. The van der Waals surface area contributed by atoms with Crippen molar-refractivity contribution in [2.75, 3.05) is 26.2 Å². The van der Waals surface area contributed by atoms with Crippen molar-refractivity contribution in [2.45, 2.75) is 13.5 Å². The smallest absolute Gasteiger partial charge is 0.130 e. The molecule has 1 aromatic carbocycles. The average Bonchev–Trinajstić information content (AvgIpc) is 2.27. The van der Waals surface area contributed by atoms with Gasteiger partial charge in [0, 0.05) is 32.7 Å². The Morgan fingerprint density at radius 3 is 2.75 bits per heavy atom. The summed E-state index contributed by atoms with van der Waals surface area (Å²) in [5.41, 5.74) is 2.44. The van der Waals surface area contributed by atoms with Gasteiger partial charge >= 0.3 is 0 Å². The third-order valence-corrected chi connectivity index (χ3v) is 3.64. The second-order valence-electron chi connectivity index (χ2n) is 4.26. The molecule has 1 aliphatic heterocycles. The first-order valence-corrected chi connectivity index (χ1v) is 6.37. The van der Waals surface area contributed by atoms with Crippen LogP contribution in [-0.4, -0.2) is 36.2 Å². The van der Waals surface area contributed by atoms with Crippen LogP contribution in [0.25, 0.3) is 0 Å². The van der Waals surface area contributed by atoms with Gasteiger partial charge in [0.2, 0.25) is 0 Å². The summed E-state index contributed by atoms with van der Waals surface area (Å²) < 4.78 is 0.781. The topological polar surface area (TPSA) is 35.5 Å². The van der Waals surface area contributed by atoms with Gasteiger partial charge < -0.3 is 10.4 Å². The molecule has 1 heterocycles. The number of nitrogens with one attached hydrogen (secondary N) is 1. The van der Waals surface area contributed by atoms with Crippen molar-refractivity contribution >= 4 is 15.9 Å². The fourth-order valence-corrected chi connectivity index (χ4v) is 2.38. The Bertz CT molecular complexity index is 376. The molecule has 0 bridgehead atoms. The Morgan fingerprint density at radius 1 is 1.38 bits per heavy atom. The zero-order valence-corrected chi connectivity index (χ0v) is 11.0. The summed E-state index contributed by atoms with van der Waals surface area (Å²) >= 11 is 3.36. The zero-order chi connectivity index (χ0) is 11.5. The fourth-order valence-electron chi connectivity index (χ4n) is 1.99. The monoisotopic (exact) mass is 284 g/mol. The van der Waals surface area contributed by atoms with Crippen molar-refractivity contribution in [3.8, 4) is 5.75 Å². The van der Waals surface area contributed by atoms with Crippen LogP contribution in [0.15, 0.2) is 16.6 Å². The van der Waals surface area contributed by atoms with Gasteiger partial charge in [-0.05, 0) is 46.1 Å². The molecule has 88 valence electrons. The minimum Gasteiger partial charge on any atom is -0.507 e. The third-order valence-electron chi connectivity index (χ3n) is 3.01. The number of phenolic OH excluding ortho intramolecular Hbond substituents is 1. The molecule has 1 aliphatic rings. The van der Waals surface area contributed by atoms with E-state index in [1.807, 2.05) is 19.1 Å². The number of nitrogens with zero attached hydrogens (tertiary/aromatic N) is 1. The lowest BCUT2D eigenvalue weighted by molar-refractivity contribution is 0.232. The van der Waals surface area contributed by atoms with Crippen LogP contribution in [0.1, 0.15) is 11.1 Å². The van der Waals surface area contributed by atoms with Crippen LogP contribution in [0.4, 0.5) is 0 Å². The number of piperazine rings is 1. The maximum Gasteiger partial charge on any atom is 0.130 e. The highest BCUT2D eigenvalue weighted by atomic mass is 79.9. The lowest BCUT2D eigenvalue weighted by Gasteiger charge is -2.27. The van der Waals surface area contributed by atoms with Crippen LogP contribution >= 0.6 is 15.9 Å². The van der Waals surface area contributed by atoms with Crippen molar-refractivity contribution in [3.63, 3.8) is 0 Å². The van der Waals surface area contributed by atoms with Crippen LogP contribution < -0.4 is 5.32 Å². The molecule has 0 amide bonds. The van der Waals surface area contributed by atoms with E-state index in [0.717, 1.165) is 42.8 Å². The van der Waals surface area contributed by atoms with E-state index in [1.165, 1.54) is 5.56 Å². The maximum atomic E-state index is 9.56. The number of aryl methyl sites for hydroxylation is 1. The summed E-state index contributed by atoms with van der Waals surface area (Å²) in [5, 5.41) is 12.9. The van der Waals surface area contributed by atoms with Crippen molar-refractivity contribution < 1.29 is 5.11 Å². The SMILES string of the molecule is Cc1cc(O)c(Br)cc1CN1CCNCC1. The van der Waals surface area contributed by atoms with Gasteiger partial charge in [-0.2, -0.15) is 0 Å². The lowest BCUT2D eigenvalue weighted by Crippen LogP contribution is -2.42. The molecule has 0 aliphatic carbocycles. The molecule has 1 fully saturated rings. The van der Waals surface area contributed by atoms with Crippen molar-refractivity contribution in [2.24, 2.45) is 0 Å². The lowest BCUT2D eigenvalue weighted by atomic mass is 10.1. The highest BCUT2D eigenvalue weighted by Gasteiger charge is 2.12. The summed E-state index contributed by atoms with van der Waals surface area (Å²) in [6.07, 6.45) is 0. The van der Waals surface area contributed by atoms with Gasteiger partial charge in [0.15, 0.2) is 0 Å². The van der Waals surface area contributed by atoms with Crippen molar-refractivity contribution in [1.82, 2.24) is 10.2 Å². The van der Waals surface area contributed by atoms with Crippen LogP contribution in [0.3, 0.4) is 0 Å². The largest absolute Gasteiger partial charge is 0.507 e. The molecule has 3 nitrogen and oxygen atoms in total. The Labute approximate surface area is 105 Å². The number of hydrogen-bond donors (Lipinski definition) is 2. The van der Waals surface area contributed by atoms with Gasteiger partial charge in [-0.15, -0.1) is 0 Å². The molecule has 16 heavy (non-hydrogen) atoms. The van der Waals surface area contributed by atoms with Crippen LogP contribution in [0, 0.1) is 6.92 Å². The minimum absolute atomic E-state index is 0.321. The van der Waals surface area contributed by atoms with E-state index in [9.17, 15) is 5.11 Å². The molecule has 1 aromatic rings. The number of aromatic hydroxyl groups is 1. The molecule has 0 spiro atoms. The van der Waals surface area contributed by atoms with E-state index >= 15 is 0 Å². The first-order valence-electron chi connectivity index (χ1n) is 5.58. The van der Waals surface area contributed by atoms with Gasteiger partial charge in [0.1, 0.15) is 5.75 Å². The quantitative estimate of drug-likeness (QED) is 0.870. The molecule has 0 unspecified atom stereocenters. The highest BCUT2D eigenvalue weighted by molar-refractivity contribution is 9.10. The van der Waals surface area contributed by atoms with E-state index in [1.54, 1.807) is 0 Å². The number of rotatable bonds is 2. The summed E-state index contributed by atoms with van der Waals surface area (Å²) in [4.78, 5) is 2.43. The molecule has 0 aromatic heterocycles. The van der Waals surface area contributed by atoms with E-state index in [-0.39, 0.29) is 0 Å². The number of halogens is 1. The molecule has 0 atom stereocenters. The van der Waals surface area contributed by atoms with E-state index in [0.29, 0.717) is 5.75 Å². The standard InChI is InChI=1S/C12H17BrN2O/c1-9-6-12(16)11(13)7-10(9)8-15-4-2-14-3-5-15/h6-7,14,16H,2-5,8H2,1H3. The molecule has 2 N–H and O–H groups in total. The second-order valence-corrected chi connectivity index (χ2v) is 5.11. The Morgan fingerprint density at radius 2 is 2.06 bits per heavy atom. The van der Waals surface area contributed by atoms with Crippen LogP contribution in [0.2, 0.25) is 0 Å². The van der Waals surface area contributed by atoms with E-state index in [2.05, 4.69) is 26.1 Å². The van der Waals surface area contributed by atoms with Gasteiger partial charge in [-0.3, -0.25) is 4.90 Å². The number of hydrogen-bond acceptors (Lipinski definition) is 3. The molecular weight excluding hydrogens is 268 g/mol. The van der Waals surface area contributed by atoms with E-state index < -0.39 is 0 Å². The zero-order valence-electron chi connectivity index (χ0n) is 9.46. The van der Waals surface area contributed by atoms with Crippen molar-refractivity contribution in [3.05, 3.63) is 27.7 Å². The first kappa shape index (κ1) is 11.9. The van der Waals surface area contributed by atoms with Crippen LogP contribution in [-0.2, 0) is 6.54 Å². The summed E-state index contributed by atoms with van der Waals surface area (Å²) in [6.45, 7) is 7.34. The van der Waals surface area contributed by atoms with Gasteiger partial charge in [0.25, 0.3) is 0 Å². The molecule has 2 rings (SSSR count). The van der Waals surface area contributed by atoms with Gasteiger partial charge in [-0.1, -0.05) is 0 Å². The normalized spacial score (nSPS) is 17.6. The Kier molecular flexibility index (Phi) is 3.84. The Hall–Kier alpha value is -0.580. The molecule has 0 radical (unpaired) electrons. The maximum absolute atomic E-state index is 9.56. The summed E-state index contributed by atoms with van der Waals surface area (Å²) in [6, 6.07) is 3.84. The van der Waals surface area contributed by atoms with Crippen molar-refractivity contribution in [1.29, 1.82) is 0 Å². The van der Waals surface area contributed by atoms with Crippen LogP contribution in [0.5, 0.6) is 5.75 Å². The van der Waals surface area contributed by atoms with Gasteiger partial charge in [0.05, 0.1) is 4.47 Å². The third kappa shape index (κ3) is 2.75. The average molecular weight is 285 g/mol. The molecule has 0 saturated carbocycles. The molecule has 4 heteroatoms.